The summed E-state index contributed by atoms with van der Waals surface area (Å²) in [6, 6.07) is 8.56. The zero-order valence-electron chi connectivity index (χ0n) is 9.05. The highest BCUT2D eigenvalue weighted by molar-refractivity contribution is 9.10. The number of esters is 1. The Morgan fingerprint density at radius 3 is 2.76 bits per heavy atom. The van der Waals surface area contributed by atoms with E-state index in [1.807, 2.05) is 6.07 Å². The lowest BCUT2D eigenvalue weighted by Gasteiger charge is -2.03. The van der Waals surface area contributed by atoms with Crippen LogP contribution in [0.3, 0.4) is 0 Å². The number of benzene rings is 1. The molecule has 6 heteroatoms. The summed E-state index contributed by atoms with van der Waals surface area (Å²) < 4.78 is 7.30. The topological polar surface area (TPSA) is 70.1 Å². The van der Waals surface area contributed by atoms with Gasteiger partial charge in [0.2, 0.25) is 0 Å². The van der Waals surface area contributed by atoms with Gasteiger partial charge in [0.25, 0.3) is 0 Å². The van der Waals surface area contributed by atoms with Crippen LogP contribution >= 0.6 is 15.9 Å². The van der Waals surface area contributed by atoms with Crippen molar-refractivity contribution in [2.45, 2.75) is 0 Å². The van der Waals surface area contributed by atoms with E-state index in [-0.39, 0.29) is 5.69 Å². The molecule has 0 spiro atoms. The predicted molar refractivity (Wildman–Crippen MR) is 66.7 cm³/mol. The van der Waals surface area contributed by atoms with Gasteiger partial charge in [0, 0.05) is 13.1 Å². The van der Waals surface area contributed by atoms with E-state index in [1.165, 1.54) is 10.7 Å². The summed E-state index contributed by atoms with van der Waals surface area (Å²) in [6.45, 7) is 0. The Bertz CT molecular complexity index is 546. The second-order valence-electron chi connectivity index (χ2n) is 3.40. The number of nitrogens with zero attached hydrogens (tertiary/aromatic N) is 2. The van der Waals surface area contributed by atoms with E-state index in [4.69, 9.17) is 10.5 Å². The molecule has 0 fully saturated rings. The first-order valence-electron chi connectivity index (χ1n) is 4.84. The monoisotopic (exact) mass is 295 g/mol. The van der Waals surface area contributed by atoms with Crippen LogP contribution in [0.1, 0.15) is 10.5 Å². The molecule has 0 bridgehead atoms. The lowest BCUT2D eigenvalue weighted by atomic mass is 10.3. The van der Waals surface area contributed by atoms with Crippen LogP contribution in [0.25, 0.3) is 0 Å². The fourth-order valence-electron chi connectivity index (χ4n) is 1.26. The number of carbonyl (C=O) groups excluding carboxylic acids is 1. The highest BCUT2D eigenvalue weighted by Crippen LogP contribution is 2.24. The Labute approximate surface area is 106 Å². The molecule has 1 aromatic carbocycles. The summed E-state index contributed by atoms with van der Waals surface area (Å²) in [4.78, 5) is 11.8. The van der Waals surface area contributed by atoms with Gasteiger partial charge in [-0.1, -0.05) is 12.1 Å². The number of aryl methyl sites for hydroxylation is 1. The molecule has 5 nitrogen and oxygen atoms in total. The number of halogens is 1. The Hall–Kier alpha value is -1.82. The Balaban J connectivity index is 2.20. The van der Waals surface area contributed by atoms with Gasteiger partial charge < -0.3 is 10.5 Å². The predicted octanol–water partition coefficient (Wildman–Crippen LogP) is 1.98. The van der Waals surface area contributed by atoms with Crippen LogP contribution in [0.2, 0.25) is 0 Å². The number of anilines is 1. The molecule has 0 unspecified atom stereocenters. The third-order valence-electron chi connectivity index (χ3n) is 2.16. The van der Waals surface area contributed by atoms with E-state index in [2.05, 4.69) is 21.0 Å². The van der Waals surface area contributed by atoms with Gasteiger partial charge in [-0.15, -0.1) is 0 Å². The fraction of sp³-hybridized carbons (Fsp3) is 0.0909. The first-order chi connectivity index (χ1) is 8.08. The quantitative estimate of drug-likeness (QED) is 0.679. The first kappa shape index (κ1) is 11.7. The summed E-state index contributed by atoms with van der Waals surface area (Å²) in [5.41, 5.74) is 5.77. The van der Waals surface area contributed by atoms with Crippen molar-refractivity contribution in [3.05, 3.63) is 40.5 Å². The van der Waals surface area contributed by atoms with Gasteiger partial charge in [-0.05, 0) is 28.1 Å². The van der Waals surface area contributed by atoms with Crippen molar-refractivity contribution in [3.8, 4) is 5.75 Å². The van der Waals surface area contributed by atoms with Gasteiger partial charge in [0.1, 0.15) is 11.6 Å². The molecule has 0 atom stereocenters. The van der Waals surface area contributed by atoms with E-state index in [1.54, 1.807) is 25.2 Å². The summed E-state index contributed by atoms with van der Waals surface area (Å²) >= 11 is 3.29. The number of aromatic nitrogens is 2. The molecule has 2 rings (SSSR count). The average Bonchev–Trinajstić information content (AvgIpc) is 2.63. The highest BCUT2D eigenvalue weighted by atomic mass is 79.9. The summed E-state index contributed by atoms with van der Waals surface area (Å²) in [6.07, 6.45) is 0. The minimum absolute atomic E-state index is 0.181. The maximum atomic E-state index is 11.8. The summed E-state index contributed by atoms with van der Waals surface area (Å²) in [5.74, 6) is 0.315. The van der Waals surface area contributed by atoms with Crippen LogP contribution in [0, 0.1) is 0 Å². The third-order valence-corrected chi connectivity index (χ3v) is 2.82. The second-order valence-corrected chi connectivity index (χ2v) is 4.25. The van der Waals surface area contributed by atoms with E-state index in [9.17, 15) is 4.79 Å². The standard InChI is InChI=1S/C11H10BrN3O2/c1-15-10(13)6-8(14-15)11(16)17-9-5-3-2-4-7(9)12/h2-6H,13H2,1H3. The molecule has 0 aliphatic heterocycles. The summed E-state index contributed by atoms with van der Waals surface area (Å²) in [5, 5.41) is 3.94. The van der Waals surface area contributed by atoms with Gasteiger partial charge in [0.15, 0.2) is 5.69 Å². The fourth-order valence-corrected chi connectivity index (χ4v) is 1.63. The molecular formula is C11H10BrN3O2. The first-order valence-corrected chi connectivity index (χ1v) is 5.63. The van der Waals surface area contributed by atoms with Crippen molar-refractivity contribution in [1.29, 1.82) is 0 Å². The summed E-state index contributed by atoms with van der Waals surface area (Å²) in [7, 11) is 1.66. The van der Waals surface area contributed by atoms with Crippen LogP contribution in [0.4, 0.5) is 5.82 Å². The number of nitrogens with two attached hydrogens (primary N) is 1. The van der Waals surface area contributed by atoms with Crippen molar-refractivity contribution in [2.24, 2.45) is 7.05 Å². The lowest BCUT2D eigenvalue weighted by Crippen LogP contribution is -2.10. The van der Waals surface area contributed by atoms with Crippen LogP contribution < -0.4 is 10.5 Å². The number of hydrogen-bond donors (Lipinski definition) is 1. The number of nitrogen functional groups attached to an aromatic ring is 1. The number of hydrogen-bond acceptors (Lipinski definition) is 4. The lowest BCUT2D eigenvalue weighted by molar-refractivity contribution is 0.0726. The molecule has 0 aliphatic carbocycles. The Morgan fingerprint density at radius 1 is 1.47 bits per heavy atom. The number of carbonyl (C=O) groups is 1. The van der Waals surface area contributed by atoms with Gasteiger partial charge in [0.05, 0.1) is 4.47 Å². The smallest absolute Gasteiger partial charge is 0.364 e. The molecule has 1 heterocycles. The van der Waals surface area contributed by atoms with Gasteiger partial charge >= 0.3 is 5.97 Å². The zero-order chi connectivity index (χ0) is 12.4. The molecule has 0 saturated heterocycles. The molecule has 17 heavy (non-hydrogen) atoms. The normalized spacial score (nSPS) is 10.2. The second kappa shape index (κ2) is 4.58. The van der Waals surface area contributed by atoms with Crippen LogP contribution in [-0.4, -0.2) is 15.7 Å². The molecule has 2 N–H and O–H groups in total. The molecular weight excluding hydrogens is 286 g/mol. The minimum atomic E-state index is -0.538. The Kier molecular flexibility index (Phi) is 3.14. The van der Waals surface area contributed by atoms with Crippen molar-refractivity contribution in [3.63, 3.8) is 0 Å². The van der Waals surface area contributed by atoms with Crippen molar-refractivity contribution in [1.82, 2.24) is 9.78 Å². The van der Waals surface area contributed by atoms with Crippen molar-refractivity contribution < 1.29 is 9.53 Å². The average molecular weight is 296 g/mol. The van der Waals surface area contributed by atoms with Crippen LogP contribution in [0.5, 0.6) is 5.75 Å². The SMILES string of the molecule is Cn1nc(C(=O)Oc2ccccc2Br)cc1N. The molecule has 0 saturated carbocycles. The van der Waals surface area contributed by atoms with Gasteiger partial charge in [-0.2, -0.15) is 5.10 Å². The molecule has 1 aromatic heterocycles. The molecule has 88 valence electrons. The van der Waals surface area contributed by atoms with Crippen molar-refractivity contribution >= 4 is 27.7 Å². The van der Waals surface area contributed by atoms with E-state index >= 15 is 0 Å². The maximum Gasteiger partial charge on any atom is 0.364 e. The van der Waals surface area contributed by atoms with Gasteiger partial charge in [-0.25, -0.2) is 4.79 Å². The molecule has 0 aliphatic rings. The number of para-hydroxylation sites is 1. The van der Waals surface area contributed by atoms with E-state index < -0.39 is 5.97 Å². The number of ether oxygens (including phenoxy) is 1. The zero-order valence-corrected chi connectivity index (χ0v) is 10.6. The van der Waals surface area contributed by atoms with E-state index in [0.717, 1.165) is 0 Å². The maximum absolute atomic E-state index is 11.8. The highest BCUT2D eigenvalue weighted by Gasteiger charge is 2.14. The van der Waals surface area contributed by atoms with Crippen molar-refractivity contribution in [2.75, 3.05) is 5.73 Å². The Morgan fingerprint density at radius 2 is 2.18 bits per heavy atom. The van der Waals surface area contributed by atoms with Crippen LogP contribution in [-0.2, 0) is 7.05 Å². The van der Waals surface area contributed by atoms with E-state index in [0.29, 0.717) is 16.0 Å². The van der Waals surface area contributed by atoms with Crippen LogP contribution in [0.15, 0.2) is 34.8 Å². The third kappa shape index (κ3) is 2.47. The molecule has 2 aromatic rings. The molecule has 0 radical (unpaired) electrons. The largest absolute Gasteiger partial charge is 0.421 e. The molecule has 0 amide bonds. The minimum Gasteiger partial charge on any atom is -0.421 e. The number of rotatable bonds is 2. The van der Waals surface area contributed by atoms with Gasteiger partial charge in [-0.3, -0.25) is 4.68 Å².